The zero-order valence-corrected chi connectivity index (χ0v) is 23.3. The monoisotopic (exact) mass is 510 g/mol. The maximum atomic E-state index is 11.2. The lowest BCUT2D eigenvalue weighted by atomic mass is 9.92. The Morgan fingerprint density at radius 3 is 2.57 bits per heavy atom. The number of hydrogen-bond donors (Lipinski definition) is 0. The highest BCUT2D eigenvalue weighted by atomic mass is 16.7. The second-order valence-electron chi connectivity index (χ2n) is 10.2. The van der Waals surface area contributed by atoms with Crippen molar-refractivity contribution in [2.24, 2.45) is 0 Å². The van der Waals surface area contributed by atoms with Crippen molar-refractivity contribution in [2.75, 3.05) is 40.0 Å². The highest BCUT2D eigenvalue weighted by Gasteiger charge is 2.33. The number of nitrogens with zero attached hydrogens (tertiary/aromatic N) is 4. The average molecular weight is 511 g/mol. The van der Waals surface area contributed by atoms with E-state index >= 15 is 0 Å². The van der Waals surface area contributed by atoms with Gasteiger partial charge in [-0.05, 0) is 81.4 Å². The highest BCUT2D eigenvalue weighted by molar-refractivity contribution is 5.53. The zero-order valence-electron chi connectivity index (χ0n) is 23.3. The number of fused-ring (bicyclic) bond motifs is 1. The van der Waals surface area contributed by atoms with E-state index in [2.05, 4.69) is 59.7 Å². The molecule has 4 rings (SSSR count). The topological polar surface area (TPSA) is 67.8 Å². The molecule has 2 unspecified atom stereocenters. The van der Waals surface area contributed by atoms with Gasteiger partial charge in [-0.3, -0.25) is 4.90 Å². The summed E-state index contributed by atoms with van der Waals surface area (Å²) in [5, 5.41) is 0. The molecule has 0 aliphatic carbocycles. The average Bonchev–Trinajstić information content (AvgIpc) is 3.55. The molecule has 0 saturated carbocycles. The highest BCUT2D eigenvalue weighted by Crippen LogP contribution is 2.42. The Hall–Kier alpha value is -2.51. The quantitative estimate of drug-likeness (QED) is 0.340. The number of likely N-dealkylation sites (tertiary alicyclic amines) is 1. The molecule has 2 aliphatic rings. The lowest BCUT2D eigenvalue weighted by molar-refractivity contribution is -0.109. The van der Waals surface area contributed by atoms with E-state index in [0.29, 0.717) is 25.3 Å². The van der Waals surface area contributed by atoms with Crippen molar-refractivity contribution in [3.05, 3.63) is 47.5 Å². The molecule has 37 heavy (non-hydrogen) atoms. The third-order valence-corrected chi connectivity index (χ3v) is 7.22. The normalized spacial score (nSPS) is 18.6. The second-order valence-corrected chi connectivity index (χ2v) is 10.2. The second kappa shape index (κ2) is 15.7. The standard InChI is InChI=1S/C22H27N3O3.C8H19N/c1-2-4-16-11-17(13-20-22(16)28-15-27-20)18-12-19(25(14-18)9-10-26)5-6-21-23-7-3-8-24-21;1-4-6-8-9(3)7-5-2/h3,7-8,10-11,13,18-19H,2,4-6,9,12,14-15H2,1H3;4-8H2,1-3H3. The molecule has 7 nitrogen and oxygen atoms in total. The maximum absolute atomic E-state index is 11.2. The lowest BCUT2D eigenvalue weighted by Crippen LogP contribution is -2.31. The Morgan fingerprint density at radius 2 is 1.86 bits per heavy atom. The molecule has 0 radical (unpaired) electrons. The molecule has 0 N–H and O–H groups in total. The van der Waals surface area contributed by atoms with Crippen LogP contribution in [0.5, 0.6) is 11.5 Å². The van der Waals surface area contributed by atoms with Crippen molar-refractivity contribution in [3.63, 3.8) is 0 Å². The Morgan fingerprint density at radius 1 is 1.05 bits per heavy atom. The number of hydrogen-bond acceptors (Lipinski definition) is 7. The fourth-order valence-corrected chi connectivity index (χ4v) is 5.32. The van der Waals surface area contributed by atoms with Gasteiger partial charge in [-0.2, -0.15) is 0 Å². The van der Waals surface area contributed by atoms with Crippen LogP contribution >= 0.6 is 0 Å². The molecule has 2 aliphatic heterocycles. The SMILES string of the molecule is CCCCN(C)CCC.CCCc1cc(C2CC(CCc3ncccn3)N(CC=O)C2)cc2c1OCO2. The van der Waals surface area contributed by atoms with Gasteiger partial charge in [0.1, 0.15) is 12.1 Å². The molecule has 1 saturated heterocycles. The molecule has 1 aromatic heterocycles. The van der Waals surface area contributed by atoms with Crippen LogP contribution in [0, 0.1) is 0 Å². The van der Waals surface area contributed by atoms with Gasteiger partial charge in [0.05, 0.1) is 6.54 Å². The van der Waals surface area contributed by atoms with Crippen LogP contribution in [0.15, 0.2) is 30.6 Å². The summed E-state index contributed by atoms with van der Waals surface area (Å²) in [5.41, 5.74) is 2.53. The first-order valence-electron chi connectivity index (χ1n) is 14.1. The van der Waals surface area contributed by atoms with E-state index in [-0.39, 0.29) is 0 Å². The summed E-state index contributed by atoms with van der Waals surface area (Å²) in [6, 6.07) is 6.61. The van der Waals surface area contributed by atoms with Crippen molar-refractivity contribution in [2.45, 2.75) is 84.1 Å². The number of benzene rings is 1. The summed E-state index contributed by atoms with van der Waals surface area (Å²) in [4.78, 5) is 24.6. The van der Waals surface area contributed by atoms with Crippen LogP contribution in [0.25, 0.3) is 0 Å². The first-order chi connectivity index (χ1) is 18.1. The summed E-state index contributed by atoms with van der Waals surface area (Å²) < 4.78 is 11.4. The number of rotatable bonds is 13. The number of aryl methyl sites for hydroxylation is 2. The van der Waals surface area contributed by atoms with Gasteiger partial charge in [0.25, 0.3) is 0 Å². The van der Waals surface area contributed by atoms with Gasteiger partial charge in [-0.1, -0.05) is 39.7 Å². The first-order valence-corrected chi connectivity index (χ1v) is 14.1. The van der Waals surface area contributed by atoms with Crippen LogP contribution in [0.4, 0.5) is 0 Å². The molecule has 0 amide bonds. The van der Waals surface area contributed by atoms with E-state index in [4.69, 9.17) is 9.47 Å². The number of carbonyl (C=O) groups excluding carboxylic acids is 1. The zero-order chi connectivity index (χ0) is 26.5. The molecule has 7 heteroatoms. The maximum Gasteiger partial charge on any atom is 0.231 e. The summed E-state index contributed by atoms with van der Waals surface area (Å²) in [6.07, 6.45) is 13.4. The van der Waals surface area contributed by atoms with E-state index in [1.54, 1.807) is 12.4 Å². The van der Waals surface area contributed by atoms with E-state index < -0.39 is 0 Å². The molecule has 0 bridgehead atoms. The molecule has 2 atom stereocenters. The molecule has 3 heterocycles. The van der Waals surface area contributed by atoms with Gasteiger partial charge in [-0.15, -0.1) is 0 Å². The Labute approximate surface area is 223 Å². The minimum Gasteiger partial charge on any atom is -0.454 e. The predicted octanol–water partition coefficient (Wildman–Crippen LogP) is 5.28. The van der Waals surface area contributed by atoms with E-state index in [1.807, 2.05) is 6.07 Å². The Bertz CT molecular complexity index is 940. The van der Waals surface area contributed by atoms with Crippen molar-refractivity contribution in [1.29, 1.82) is 0 Å². The fourth-order valence-electron chi connectivity index (χ4n) is 5.32. The molecular formula is C30H46N4O3. The molecule has 1 fully saturated rings. The van der Waals surface area contributed by atoms with Crippen molar-refractivity contribution >= 4 is 6.29 Å². The summed E-state index contributed by atoms with van der Waals surface area (Å²) in [6.45, 7) is 10.8. The van der Waals surface area contributed by atoms with Crippen LogP contribution < -0.4 is 9.47 Å². The van der Waals surface area contributed by atoms with Crippen LogP contribution in [0.3, 0.4) is 0 Å². The van der Waals surface area contributed by atoms with Crippen LogP contribution in [-0.2, 0) is 17.6 Å². The van der Waals surface area contributed by atoms with Gasteiger partial charge in [0.15, 0.2) is 11.5 Å². The number of aromatic nitrogens is 2. The van der Waals surface area contributed by atoms with Crippen molar-refractivity contribution in [1.82, 2.24) is 19.8 Å². The molecule has 1 aromatic carbocycles. The van der Waals surface area contributed by atoms with Gasteiger partial charge in [0.2, 0.25) is 6.79 Å². The third kappa shape index (κ3) is 8.78. The summed E-state index contributed by atoms with van der Waals surface area (Å²) >= 11 is 0. The molecule has 204 valence electrons. The van der Waals surface area contributed by atoms with Crippen LogP contribution in [-0.4, -0.2) is 72.1 Å². The van der Waals surface area contributed by atoms with E-state index in [9.17, 15) is 4.79 Å². The Balaban J connectivity index is 0.000000364. The third-order valence-electron chi connectivity index (χ3n) is 7.22. The summed E-state index contributed by atoms with van der Waals surface area (Å²) in [7, 11) is 2.19. The fraction of sp³-hybridized carbons (Fsp3) is 0.633. The van der Waals surface area contributed by atoms with Gasteiger partial charge in [-0.25, -0.2) is 9.97 Å². The van der Waals surface area contributed by atoms with Crippen molar-refractivity contribution < 1.29 is 14.3 Å². The van der Waals surface area contributed by atoms with Gasteiger partial charge >= 0.3 is 0 Å². The van der Waals surface area contributed by atoms with Gasteiger partial charge in [0, 0.05) is 31.4 Å². The van der Waals surface area contributed by atoms with E-state index in [1.165, 1.54) is 43.5 Å². The number of ether oxygens (including phenoxy) is 2. The minimum atomic E-state index is 0.303. The molecule has 2 aromatic rings. The molecule has 0 spiro atoms. The Kier molecular flexibility index (Phi) is 12.3. The van der Waals surface area contributed by atoms with Crippen LogP contribution in [0.2, 0.25) is 0 Å². The predicted molar refractivity (Wildman–Crippen MR) is 148 cm³/mol. The number of unbranched alkanes of at least 4 members (excludes halogenated alkanes) is 1. The molecular weight excluding hydrogens is 464 g/mol. The van der Waals surface area contributed by atoms with Crippen molar-refractivity contribution in [3.8, 4) is 11.5 Å². The lowest BCUT2D eigenvalue weighted by Gasteiger charge is -2.21. The minimum absolute atomic E-state index is 0.303. The first kappa shape index (κ1) is 29.1. The van der Waals surface area contributed by atoms with Crippen LogP contribution in [0.1, 0.15) is 82.2 Å². The van der Waals surface area contributed by atoms with E-state index in [0.717, 1.165) is 62.3 Å². The number of carbonyl (C=O) groups is 1. The number of aldehydes is 1. The summed E-state index contributed by atoms with van der Waals surface area (Å²) in [5.74, 6) is 3.03. The van der Waals surface area contributed by atoms with Gasteiger partial charge < -0.3 is 19.2 Å². The smallest absolute Gasteiger partial charge is 0.231 e. The largest absolute Gasteiger partial charge is 0.454 e.